The molecule has 0 aromatic heterocycles. The number of ether oxygens (including phenoxy) is 1. The molecule has 6 rings (SSSR count). The smallest absolute Gasteiger partial charge is 0.170 e. The van der Waals surface area contributed by atoms with Crippen molar-refractivity contribution >= 4 is 23.0 Å². The Morgan fingerprint density at radius 3 is 2.27 bits per heavy atom. The Morgan fingerprint density at radius 2 is 1.63 bits per heavy atom. The van der Waals surface area contributed by atoms with Gasteiger partial charge in [-0.2, -0.15) is 0 Å². The maximum atomic E-state index is 13.5. The number of benzene rings is 2. The van der Waals surface area contributed by atoms with Crippen LogP contribution in [0.4, 0.5) is 0 Å². The van der Waals surface area contributed by atoms with Crippen LogP contribution >= 0.6 is 11.6 Å². The molecule has 4 aliphatic rings. The maximum Gasteiger partial charge on any atom is 0.170 e. The van der Waals surface area contributed by atoms with Crippen molar-refractivity contribution < 1.29 is 14.6 Å². The van der Waals surface area contributed by atoms with E-state index < -0.39 is 0 Å². The first-order valence-corrected chi connectivity index (χ1v) is 11.4. The molecule has 0 heterocycles. The van der Waals surface area contributed by atoms with E-state index in [-0.39, 0.29) is 17.6 Å². The van der Waals surface area contributed by atoms with E-state index in [9.17, 15) is 9.90 Å². The number of rotatable bonds is 4. The van der Waals surface area contributed by atoms with Crippen LogP contribution in [0, 0.1) is 30.6 Å². The number of carbonyl (C=O) groups excluding carboxylic acids is 1. The minimum atomic E-state index is -0.0299. The number of aliphatic hydroxyl groups excluding tert-OH is 1. The molecule has 3 saturated carbocycles. The summed E-state index contributed by atoms with van der Waals surface area (Å²) in [6.45, 7) is 4.03. The molecule has 3 nitrogen and oxygen atoms in total. The molecule has 4 heteroatoms. The van der Waals surface area contributed by atoms with Crippen molar-refractivity contribution in [2.75, 3.05) is 0 Å². The van der Waals surface area contributed by atoms with Gasteiger partial charge >= 0.3 is 0 Å². The van der Waals surface area contributed by atoms with Crippen molar-refractivity contribution in [1.82, 2.24) is 0 Å². The summed E-state index contributed by atoms with van der Waals surface area (Å²) in [5.41, 5.74) is 3.41. The van der Waals surface area contributed by atoms with Gasteiger partial charge in [-0.1, -0.05) is 30.7 Å². The summed E-state index contributed by atoms with van der Waals surface area (Å²) >= 11 is 6.24. The average Bonchev–Trinajstić information content (AvgIpc) is 3.04. The number of hydrogen-bond acceptors (Lipinski definition) is 3. The van der Waals surface area contributed by atoms with E-state index >= 15 is 0 Å². The molecule has 0 amide bonds. The minimum Gasteiger partial charge on any atom is -0.511 e. The van der Waals surface area contributed by atoms with Crippen LogP contribution in [-0.4, -0.2) is 10.9 Å². The predicted octanol–water partition coefficient (Wildman–Crippen LogP) is 6.91. The van der Waals surface area contributed by atoms with E-state index in [1.165, 1.54) is 0 Å². The number of aryl methyl sites for hydroxylation is 2. The zero-order valence-corrected chi connectivity index (χ0v) is 18.2. The third-order valence-electron chi connectivity index (χ3n) is 7.45. The fourth-order valence-electron chi connectivity index (χ4n) is 5.88. The molecule has 0 spiro atoms. The number of fused-ring (bicyclic) bond motifs is 2. The standard InChI is InChI=1S/C26H27ClO3/c1-3-15-9-11-18(30-19-10-4-14(2)21(27)13-19)12-20(15)24-25(28)22-16-5-6-17(8-7-16)23(22)26(24)29/h4,9-13,16-17,22-23,28H,3,5-8H2,1-2H3/t16-,17+,22?,23?. The molecule has 0 aliphatic heterocycles. The summed E-state index contributed by atoms with van der Waals surface area (Å²) < 4.78 is 6.06. The molecule has 2 bridgehead atoms. The third-order valence-corrected chi connectivity index (χ3v) is 7.86. The molecular formula is C26H27ClO3. The number of ketones is 1. The average molecular weight is 423 g/mol. The highest BCUT2D eigenvalue weighted by Gasteiger charge is 2.54. The van der Waals surface area contributed by atoms with Crippen molar-refractivity contribution in [1.29, 1.82) is 0 Å². The Balaban J connectivity index is 1.54. The first-order chi connectivity index (χ1) is 14.5. The summed E-state index contributed by atoms with van der Waals surface area (Å²) in [5.74, 6) is 2.62. The fraction of sp³-hybridized carbons (Fsp3) is 0.423. The van der Waals surface area contributed by atoms with E-state index in [0.717, 1.165) is 48.8 Å². The molecule has 2 unspecified atom stereocenters. The molecule has 2 aromatic rings. The Labute approximate surface area is 182 Å². The normalized spacial score (nSPS) is 27.5. The zero-order valence-electron chi connectivity index (χ0n) is 17.5. The van der Waals surface area contributed by atoms with Gasteiger partial charge in [0.05, 0.1) is 5.57 Å². The second kappa shape index (κ2) is 7.46. The Kier molecular flexibility index (Phi) is 4.89. The lowest BCUT2D eigenvalue weighted by atomic mass is 9.59. The van der Waals surface area contributed by atoms with Crippen LogP contribution in [0.5, 0.6) is 11.5 Å². The van der Waals surface area contributed by atoms with Crippen LogP contribution in [0.3, 0.4) is 0 Å². The zero-order chi connectivity index (χ0) is 21.0. The molecule has 156 valence electrons. The first-order valence-electron chi connectivity index (χ1n) is 11.0. The Hall–Kier alpha value is -2.26. The molecule has 4 aliphatic carbocycles. The van der Waals surface area contributed by atoms with E-state index in [1.54, 1.807) is 6.07 Å². The van der Waals surface area contributed by atoms with E-state index in [2.05, 4.69) is 6.92 Å². The number of aliphatic hydroxyl groups is 1. The SMILES string of the molecule is CCc1ccc(Oc2ccc(C)c(Cl)c2)cc1C1=C(O)C2C(C1=O)[C@H]1CC[C@@H]2CC1. The molecule has 0 radical (unpaired) electrons. The van der Waals surface area contributed by atoms with E-state index in [0.29, 0.717) is 39.7 Å². The van der Waals surface area contributed by atoms with Gasteiger partial charge in [-0.15, -0.1) is 0 Å². The lowest BCUT2D eigenvalue weighted by Crippen LogP contribution is -2.41. The minimum absolute atomic E-state index is 0.0187. The number of allylic oxidation sites excluding steroid dienone is 2. The van der Waals surface area contributed by atoms with Gasteiger partial charge < -0.3 is 9.84 Å². The lowest BCUT2D eigenvalue weighted by Gasteiger charge is -2.44. The lowest BCUT2D eigenvalue weighted by molar-refractivity contribution is -0.123. The molecular weight excluding hydrogens is 396 g/mol. The topological polar surface area (TPSA) is 46.5 Å². The van der Waals surface area contributed by atoms with Crippen molar-refractivity contribution in [3.63, 3.8) is 0 Å². The highest BCUT2D eigenvalue weighted by molar-refractivity contribution is 6.31. The van der Waals surface area contributed by atoms with Crippen molar-refractivity contribution in [2.45, 2.75) is 46.0 Å². The predicted molar refractivity (Wildman–Crippen MR) is 119 cm³/mol. The van der Waals surface area contributed by atoms with Gasteiger partial charge in [-0.3, -0.25) is 4.79 Å². The quantitative estimate of drug-likeness (QED) is 0.582. The Morgan fingerprint density at radius 1 is 1.00 bits per heavy atom. The maximum absolute atomic E-state index is 13.5. The summed E-state index contributed by atoms with van der Waals surface area (Å²) in [6, 6.07) is 11.4. The van der Waals surface area contributed by atoms with Crippen LogP contribution < -0.4 is 4.74 Å². The molecule has 30 heavy (non-hydrogen) atoms. The van der Waals surface area contributed by atoms with Crippen LogP contribution in [0.2, 0.25) is 5.02 Å². The summed E-state index contributed by atoms with van der Waals surface area (Å²) in [7, 11) is 0. The molecule has 2 atom stereocenters. The number of halogens is 1. The summed E-state index contributed by atoms with van der Waals surface area (Å²) in [6.07, 6.45) is 5.30. The van der Waals surface area contributed by atoms with Crippen LogP contribution in [-0.2, 0) is 11.2 Å². The molecule has 0 saturated heterocycles. The van der Waals surface area contributed by atoms with Gasteiger partial charge in [0.15, 0.2) is 5.78 Å². The van der Waals surface area contributed by atoms with E-state index in [1.807, 2.05) is 37.3 Å². The van der Waals surface area contributed by atoms with Gasteiger partial charge in [-0.05, 0) is 91.8 Å². The monoisotopic (exact) mass is 422 g/mol. The number of hydrogen-bond donors (Lipinski definition) is 1. The van der Waals surface area contributed by atoms with Gasteiger partial charge in [-0.25, -0.2) is 0 Å². The van der Waals surface area contributed by atoms with Gasteiger partial charge in [0.1, 0.15) is 17.3 Å². The highest BCUT2D eigenvalue weighted by Crippen LogP contribution is 2.57. The van der Waals surface area contributed by atoms with Crippen LogP contribution in [0.25, 0.3) is 5.57 Å². The summed E-state index contributed by atoms with van der Waals surface area (Å²) in [5, 5.41) is 11.9. The second-order valence-electron chi connectivity index (χ2n) is 9.04. The van der Waals surface area contributed by atoms with E-state index in [4.69, 9.17) is 16.3 Å². The molecule has 3 fully saturated rings. The van der Waals surface area contributed by atoms with Gasteiger partial charge in [0, 0.05) is 16.9 Å². The number of carbonyl (C=O) groups is 1. The molecule has 2 aromatic carbocycles. The Bertz CT molecular complexity index is 1050. The second-order valence-corrected chi connectivity index (χ2v) is 9.44. The van der Waals surface area contributed by atoms with Crippen molar-refractivity contribution in [3.05, 3.63) is 63.9 Å². The van der Waals surface area contributed by atoms with Gasteiger partial charge in [0.25, 0.3) is 0 Å². The van der Waals surface area contributed by atoms with Gasteiger partial charge in [0.2, 0.25) is 0 Å². The van der Waals surface area contributed by atoms with Crippen molar-refractivity contribution in [3.8, 4) is 11.5 Å². The highest BCUT2D eigenvalue weighted by atomic mass is 35.5. The van der Waals surface area contributed by atoms with Crippen LogP contribution in [0.15, 0.2) is 42.2 Å². The third kappa shape index (κ3) is 3.06. The number of Topliss-reactive ketones (excluding diaryl/α,β-unsaturated/α-hetero) is 1. The largest absolute Gasteiger partial charge is 0.511 e. The fourth-order valence-corrected chi connectivity index (χ4v) is 6.05. The molecule has 1 N–H and O–H groups in total. The van der Waals surface area contributed by atoms with Crippen LogP contribution in [0.1, 0.15) is 49.3 Å². The first kappa shape index (κ1) is 19.7. The summed E-state index contributed by atoms with van der Waals surface area (Å²) in [4.78, 5) is 13.5. The van der Waals surface area contributed by atoms with Crippen molar-refractivity contribution in [2.24, 2.45) is 23.7 Å².